The van der Waals surface area contributed by atoms with E-state index in [1.165, 1.54) is 0 Å². The lowest BCUT2D eigenvalue weighted by atomic mass is 10.5. The van der Waals surface area contributed by atoms with Gasteiger partial charge in [-0.15, -0.1) is 0 Å². The second-order valence-electron chi connectivity index (χ2n) is 2.09. The molecule has 0 saturated heterocycles. The van der Waals surface area contributed by atoms with Gasteiger partial charge in [-0.05, 0) is 22.9 Å². The summed E-state index contributed by atoms with van der Waals surface area (Å²) in [5.41, 5.74) is 6.49. The molecule has 0 spiro atoms. The molecule has 1 rings (SSSR count). The van der Waals surface area contributed by atoms with Crippen molar-refractivity contribution >= 4 is 15.9 Å². The van der Waals surface area contributed by atoms with E-state index in [1.54, 1.807) is 6.20 Å². The van der Waals surface area contributed by atoms with Crippen molar-refractivity contribution in [3.63, 3.8) is 0 Å². The van der Waals surface area contributed by atoms with Gasteiger partial charge in [-0.1, -0.05) is 0 Å². The van der Waals surface area contributed by atoms with Crippen LogP contribution in [-0.2, 0) is 6.54 Å². The highest BCUT2D eigenvalue weighted by Gasteiger charge is 2.00. The smallest absolute Gasteiger partial charge is 0.0635 e. The lowest BCUT2D eigenvalue weighted by Gasteiger charge is -1.99. The number of hydrogen-bond donors (Lipinski definition) is 1. The third kappa shape index (κ3) is 1.38. The maximum atomic E-state index is 5.36. The van der Waals surface area contributed by atoms with Crippen LogP contribution >= 0.6 is 15.9 Å². The van der Waals surface area contributed by atoms with E-state index in [-0.39, 0.29) is 0 Å². The van der Waals surface area contributed by atoms with Gasteiger partial charge in [-0.25, -0.2) is 0 Å². The molecule has 0 fully saturated rings. The Morgan fingerprint density at radius 2 is 2.50 bits per heavy atom. The Bertz CT molecular complexity index is 219. The van der Waals surface area contributed by atoms with Gasteiger partial charge in [0.1, 0.15) is 0 Å². The first-order valence-electron chi connectivity index (χ1n) is 3.13. The Hall–Kier alpha value is -0.350. The molecule has 1 aromatic rings. The van der Waals surface area contributed by atoms with Crippen LogP contribution in [0.4, 0.5) is 0 Å². The molecule has 0 amide bonds. The van der Waals surface area contributed by atoms with Crippen LogP contribution in [-0.4, -0.2) is 16.3 Å². The Morgan fingerprint density at radius 3 is 2.90 bits per heavy atom. The summed E-state index contributed by atoms with van der Waals surface area (Å²) in [6, 6.07) is 0. The minimum atomic E-state index is 0.634. The first kappa shape index (κ1) is 7.75. The van der Waals surface area contributed by atoms with E-state index in [9.17, 15) is 0 Å². The second-order valence-corrected chi connectivity index (χ2v) is 2.94. The van der Waals surface area contributed by atoms with E-state index in [0.717, 1.165) is 16.7 Å². The zero-order valence-electron chi connectivity index (χ0n) is 5.84. The highest BCUT2D eigenvalue weighted by molar-refractivity contribution is 9.10. The van der Waals surface area contributed by atoms with Crippen LogP contribution in [0.15, 0.2) is 10.7 Å². The number of nitrogens with two attached hydrogens (primary N) is 1. The van der Waals surface area contributed by atoms with Crippen LogP contribution < -0.4 is 5.73 Å². The molecule has 0 atom stereocenters. The van der Waals surface area contributed by atoms with Gasteiger partial charge in [0.2, 0.25) is 0 Å². The monoisotopic (exact) mass is 203 g/mol. The summed E-state index contributed by atoms with van der Waals surface area (Å²) < 4.78 is 2.92. The molecule has 0 aliphatic carbocycles. The molecule has 0 bridgehead atoms. The average molecular weight is 204 g/mol. The van der Waals surface area contributed by atoms with E-state index < -0.39 is 0 Å². The molecule has 2 N–H and O–H groups in total. The zero-order valence-corrected chi connectivity index (χ0v) is 7.43. The van der Waals surface area contributed by atoms with Crippen molar-refractivity contribution in [1.29, 1.82) is 0 Å². The highest BCUT2D eigenvalue weighted by atomic mass is 79.9. The Kier molecular flexibility index (Phi) is 2.45. The summed E-state index contributed by atoms with van der Waals surface area (Å²) in [4.78, 5) is 0. The van der Waals surface area contributed by atoms with Crippen molar-refractivity contribution in [2.75, 3.05) is 6.54 Å². The molecule has 0 aromatic carbocycles. The molecule has 0 unspecified atom stereocenters. The minimum Gasteiger partial charge on any atom is -0.329 e. The molecule has 0 radical (unpaired) electrons. The summed E-state index contributed by atoms with van der Waals surface area (Å²) in [7, 11) is 0. The lowest BCUT2D eigenvalue weighted by molar-refractivity contribution is 0.607. The molecule has 1 heterocycles. The van der Waals surface area contributed by atoms with Crippen LogP contribution in [0.3, 0.4) is 0 Å². The number of rotatable bonds is 2. The Labute approximate surface area is 68.3 Å². The molecule has 56 valence electrons. The van der Waals surface area contributed by atoms with E-state index >= 15 is 0 Å². The van der Waals surface area contributed by atoms with Crippen molar-refractivity contribution in [2.24, 2.45) is 5.73 Å². The highest BCUT2D eigenvalue weighted by Crippen LogP contribution is 2.13. The fourth-order valence-electron chi connectivity index (χ4n) is 0.771. The maximum absolute atomic E-state index is 5.36. The molecule has 3 nitrogen and oxygen atoms in total. The van der Waals surface area contributed by atoms with Gasteiger partial charge < -0.3 is 5.73 Å². The number of hydrogen-bond acceptors (Lipinski definition) is 2. The van der Waals surface area contributed by atoms with Crippen LogP contribution in [0.25, 0.3) is 0 Å². The first-order valence-corrected chi connectivity index (χ1v) is 3.93. The van der Waals surface area contributed by atoms with Crippen LogP contribution in [0.1, 0.15) is 5.69 Å². The van der Waals surface area contributed by atoms with Crippen LogP contribution in [0.5, 0.6) is 0 Å². The van der Waals surface area contributed by atoms with Crippen LogP contribution in [0.2, 0.25) is 0 Å². The lowest BCUT2D eigenvalue weighted by Crippen LogP contribution is -2.11. The van der Waals surface area contributed by atoms with E-state index in [1.807, 2.05) is 11.6 Å². The van der Waals surface area contributed by atoms with E-state index in [0.29, 0.717) is 6.54 Å². The largest absolute Gasteiger partial charge is 0.329 e. The molecule has 10 heavy (non-hydrogen) atoms. The molecule has 0 saturated carbocycles. The fraction of sp³-hybridized carbons (Fsp3) is 0.500. The number of halogens is 1. The Morgan fingerprint density at radius 1 is 1.80 bits per heavy atom. The molecular weight excluding hydrogens is 194 g/mol. The minimum absolute atomic E-state index is 0.634. The predicted octanol–water partition coefficient (Wildman–Crippen LogP) is 0.913. The summed E-state index contributed by atoms with van der Waals surface area (Å²) in [6.07, 6.45) is 1.78. The summed E-state index contributed by atoms with van der Waals surface area (Å²) in [5.74, 6) is 0. The van der Waals surface area contributed by atoms with Gasteiger partial charge >= 0.3 is 0 Å². The summed E-state index contributed by atoms with van der Waals surface area (Å²) in [5, 5.41) is 4.09. The average Bonchev–Trinajstić information content (AvgIpc) is 2.20. The fourth-order valence-corrected chi connectivity index (χ4v) is 1.07. The molecule has 4 heteroatoms. The molecule has 0 aliphatic rings. The van der Waals surface area contributed by atoms with Crippen molar-refractivity contribution < 1.29 is 0 Å². The van der Waals surface area contributed by atoms with Crippen molar-refractivity contribution in [1.82, 2.24) is 9.78 Å². The first-order chi connectivity index (χ1) is 4.75. The van der Waals surface area contributed by atoms with Crippen LogP contribution in [0, 0.1) is 6.92 Å². The SMILES string of the molecule is Cc1c(Br)cnn1CCN. The van der Waals surface area contributed by atoms with Gasteiger partial charge in [-0.3, -0.25) is 4.68 Å². The van der Waals surface area contributed by atoms with E-state index in [4.69, 9.17) is 5.73 Å². The third-order valence-corrected chi connectivity index (χ3v) is 2.16. The molecule has 1 aromatic heterocycles. The van der Waals surface area contributed by atoms with Crippen molar-refractivity contribution in [2.45, 2.75) is 13.5 Å². The number of aromatic nitrogens is 2. The predicted molar refractivity (Wildman–Crippen MR) is 43.7 cm³/mol. The van der Waals surface area contributed by atoms with Gasteiger partial charge in [-0.2, -0.15) is 5.10 Å². The third-order valence-electron chi connectivity index (χ3n) is 1.38. The summed E-state index contributed by atoms with van der Waals surface area (Å²) >= 11 is 3.36. The van der Waals surface area contributed by atoms with E-state index in [2.05, 4.69) is 21.0 Å². The standard InChI is InChI=1S/C6H10BrN3/c1-5-6(7)4-9-10(5)3-2-8/h4H,2-3,8H2,1H3. The normalized spacial score (nSPS) is 10.3. The zero-order chi connectivity index (χ0) is 7.56. The van der Waals surface area contributed by atoms with Crippen molar-refractivity contribution in [3.05, 3.63) is 16.4 Å². The van der Waals surface area contributed by atoms with Gasteiger partial charge in [0.15, 0.2) is 0 Å². The van der Waals surface area contributed by atoms with Gasteiger partial charge in [0.25, 0.3) is 0 Å². The molecule has 0 aliphatic heterocycles. The number of nitrogens with zero attached hydrogens (tertiary/aromatic N) is 2. The van der Waals surface area contributed by atoms with Crippen molar-refractivity contribution in [3.8, 4) is 0 Å². The molecular formula is C6H10BrN3. The second kappa shape index (κ2) is 3.16. The Balaban J connectivity index is 2.83. The maximum Gasteiger partial charge on any atom is 0.0635 e. The summed E-state index contributed by atoms with van der Waals surface area (Å²) in [6.45, 7) is 3.43. The van der Waals surface area contributed by atoms with Gasteiger partial charge in [0.05, 0.1) is 17.2 Å². The topological polar surface area (TPSA) is 43.8 Å². The van der Waals surface area contributed by atoms with Gasteiger partial charge in [0, 0.05) is 12.2 Å². The quantitative estimate of drug-likeness (QED) is 0.778.